The quantitative estimate of drug-likeness (QED) is 0.754. The lowest BCUT2D eigenvalue weighted by Gasteiger charge is -1.94. The molecule has 1 N–H and O–H groups in total. The number of rotatable bonds is 3. The van der Waals surface area contributed by atoms with Gasteiger partial charge >= 0.3 is 0 Å². The van der Waals surface area contributed by atoms with Crippen molar-refractivity contribution in [1.82, 2.24) is 4.98 Å². The standard InChI is InChI=1S/C7H7FN2O2S/c1-2-5(12)9-7-10-6(8)4(3-11)13-7/h3H,2H2,1H3,(H,9,10,12). The third-order valence-electron chi connectivity index (χ3n) is 1.28. The molecule has 70 valence electrons. The van der Waals surface area contributed by atoms with Crippen molar-refractivity contribution in [3.05, 3.63) is 10.8 Å². The Morgan fingerprint density at radius 3 is 2.92 bits per heavy atom. The summed E-state index contributed by atoms with van der Waals surface area (Å²) >= 11 is 0.817. The number of hydrogen-bond donors (Lipinski definition) is 1. The summed E-state index contributed by atoms with van der Waals surface area (Å²) in [5, 5.41) is 2.47. The van der Waals surface area contributed by atoms with Crippen LogP contribution in [0, 0.1) is 5.95 Å². The average molecular weight is 202 g/mol. The number of carbonyl (C=O) groups is 2. The van der Waals surface area contributed by atoms with Crippen LogP contribution in [0.5, 0.6) is 0 Å². The van der Waals surface area contributed by atoms with E-state index in [0.717, 1.165) is 11.3 Å². The molecule has 0 aliphatic rings. The van der Waals surface area contributed by atoms with Crippen molar-refractivity contribution in [1.29, 1.82) is 0 Å². The number of anilines is 1. The normalized spacial score (nSPS) is 9.69. The highest BCUT2D eigenvalue weighted by molar-refractivity contribution is 7.17. The van der Waals surface area contributed by atoms with E-state index in [9.17, 15) is 14.0 Å². The van der Waals surface area contributed by atoms with Crippen molar-refractivity contribution in [3.63, 3.8) is 0 Å². The average Bonchev–Trinajstić information content (AvgIpc) is 2.46. The minimum Gasteiger partial charge on any atom is -0.302 e. The lowest BCUT2D eigenvalue weighted by molar-refractivity contribution is -0.115. The number of aldehydes is 1. The van der Waals surface area contributed by atoms with E-state index in [-0.39, 0.29) is 22.3 Å². The summed E-state index contributed by atoms with van der Waals surface area (Å²) in [5.74, 6) is -1.10. The van der Waals surface area contributed by atoms with Gasteiger partial charge in [0.15, 0.2) is 11.4 Å². The number of halogens is 1. The largest absolute Gasteiger partial charge is 0.302 e. The summed E-state index contributed by atoms with van der Waals surface area (Å²) in [6, 6.07) is 0. The molecule has 0 saturated heterocycles. The van der Waals surface area contributed by atoms with Crippen molar-refractivity contribution in [2.75, 3.05) is 5.32 Å². The van der Waals surface area contributed by atoms with Crippen molar-refractivity contribution in [2.45, 2.75) is 13.3 Å². The number of hydrogen-bond acceptors (Lipinski definition) is 4. The van der Waals surface area contributed by atoms with Gasteiger partial charge in [-0.1, -0.05) is 18.3 Å². The van der Waals surface area contributed by atoms with E-state index in [2.05, 4.69) is 10.3 Å². The summed E-state index contributed by atoms with van der Waals surface area (Å²) in [6.07, 6.45) is 0.659. The highest BCUT2D eigenvalue weighted by Gasteiger charge is 2.10. The first-order valence-corrected chi connectivity index (χ1v) is 4.40. The van der Waals surface area contributed by atoms with Crippen LogP contribution in [-0.2, 0) is 4.79 Å². The Bertz CT molecular complexity index is 337. The van der Waals surface area contributed by atoms with Crippen molar-refractivity contribution in [3.8, 4) is 0 Å². The summed E-state index contributed by atoms with van der Waals surface area (Å²) < 4.78 is 12.7. The molecule has 0 spiro atoms. The molecule has 1 aromatic rings. The first-order valence-electron chi connectivity index (χ1n) is 3.58. The highest BCUT2D eigenvalue weighted by atomic mass is 32.1. The van der Waals surface area contributed by atoms with Crippen LogP contribution in [-0.4, -0.2) is 17.2 Å². The van der Waals surface area contributed by atoms with E-state index in [0.29, 0.717) is 6.29 Å². The third-order valence-corrected chi connectivity index (χ3v) is 2.16. The Balaban J connectivity index is 2.79. The fourth-order valence-corrected chi connectivity index (χ4v) is 1.32. The van der Waals surface area contributed by atoms with Crippen LogP contribution < -0.4 is 5.32 Å². The molecule has 6 heteroatoms. The Kier molecular flexibility index (Phi) is 3.07. The SMILES string of the molecule is CCC(=O)Nc1nc(F)c(C=O)s1. The van der Waals surface area contributed by atoms with Crippen LogP contribution in [0.25, 0.3) is 0 Å². The van der Waals surface area contributed by atoms with E-state index in [1.54, 1.807) is 6.92 Å². The van der Waals surface area contributed by atoms with Crippen LogP contribution in [0.3, 0.4) is 0 Å². The zero-order valence-corrected chi connectivity index (χ0v) is 7.65. The van der Waals surface area contributed by atoms with Gasteiger partial charge in [-0.2, -0.15) is 9.37 Å². The lowest BCUT2D eigenvalue weighted by atomic mass is 10.5. The fourth-order valence-electron chi connectivity index (χ4n) is 0.647. The second-order valence-corrected chi connectivity index (χ2v) is 3.22. The van der Waals surface area contributed by atoms with Gasteiger partial charge in [0.05, 0.1) is 0 Å². The van der Waals surface area contributed by atoms with E-state index in [1.165, 1.54) is 0 Å². The van der Waals surface area contributed by atoms with Crippen LogP contribution in [0.4, 0.5) is 9.52 Å². The molecule has 0 unspecified atom stereocenters. The van der Waals surface area contributed by atoms with E-state index >= 15 is 0 Å². The Morgan fingerprint density at radius 1 is 1.77 bits per heavy atom. The third kappa shape index (κ3) is 2.32. The molecule has 0 saturated carbocycles. The molecule has 0 fully saturated rings. The monoisotopic (exact) mass is 202 g/mol. The first kappa shape index (κ1) is 9.79. The number of aromatic nitrogens is 1. The van der Waals surface area contributed by atoms with Crippen LogP contribution in [0.2, 0.25) is 0 Å². The van der Waals surface area contributed by atoms with E-state index in [4.69, 9.17) is 0 Å². The zero-order chi connectivity index (χ0) is 9.84. The van der Waals surface area contributed by atoms with Gasteiger partial charge in [0, 0.05) is 6.42 Å². The molecule has 0 bridgehead atoms. The lowest BCUT2D eigenvalue weighted by Crippen LogP contribution is -2.08. The molecule has 1 aromatic heterocycles. The number of nitrogens with zero attached hydrogens (tertiary/aromatic N) is 1. The van der Waals surface area contributed by atoms with Crippen LogP contribution >= 0.6 is 11.3 Å². The van der Waals surface area contributed by atoms with Gasteiger partial charge < -0.3 is 5.32 Å². The maximum absolute atomic E-state index is 12.7. The second-order valence-electron chi connectivity index (χ2n) is 2.19. The minimum absolute atomic E-state index is 0.105. The Morgan fingerprint density at radius 2 is 2.46 bits per heavy atom. The maximum atomic E-state index is 12.7. The molecule has 13 heavy (non-hydrogen) atoms. The topological polar surface area (TPSA) is 59.1 Å². The second kappa shape index (κ2) is 4.08. The Hall–Kier alpha value is -1.30. The van der Waals surface area contributed by atoms with E-state index in [1.807, 2.05) is 0 Å². The van der Waals surface area contributed by atoms with Crippen molar-refractivity contribution < 1.29 is 14.0 Å². The van der Waals surface area contributed by atoms with E-state index < -0.39 is 5.95 Å². The molecule has 0 radical (unpaired) electrons. The van der Waals surface area contributed by atoms with Gasteiger partial charge in [0.1, 0.15) is 4.88 Å². The smallest absolute Gasteiger partial charge is 0.236 e. The zero-order valence-electron chi connectivity index (χ0n) is 6.83. The molecule has 4 nitrogen and oxygen atoms in total. The molecule has 1 rings (SSSR count). The van der Waals surface area contributed by atoms with Crippen LogP contribution in [0.15, 0.2) is 0 Å². The predicted octanol–water partition coefficient (Wildman–Crippen LogP) is 1.44. The summed E-state index contributed by atoms with van der Waals surface area (Å²) in [5.41, 5.74) is 0. The fraction of sp³-hybridized carbons (Fsp3) is 0.286. The molecule has 0 aromatic carbocycles. The number of nitrogens with one attached hydrogen (secondary N) is 1. The first-order chi connectivity index (χ1) is 6.17. The minimum atomic E-state index is -0.841. The van der Waals surface area contributed by atoms with Gasteiger partial charge in [-0.25, -0.2) is 0 Å². The van der Waals surface area contributed by atoms with Gasteiger partial charge in [-0.3, -0.25) is 9.59 Å². The summed E-state index contributed by atoms with van der Waals surface area (Å²) in [6.45, 7) is 1.67. The van der Waals surface area contributed by atoms with Crippen molar-refractivity contribution in [2.24, 2.45) is 0 Å². The molecular weight excluding hydrogens is 195 g/mol. The number of carbonyl (C=O) groups excluding carboxylic acids is 2. The molecule has 1 amide bonds. The molecule has 0 aliphatic carbocycles. The molecule has 0 aliphatic heterocycles. The maximum Gasteiger partial charge on any atom is 0.236 e. The highest BCUT2D eigenvalue weighted by Crippen LogP contribution is 2.19. The Labute approximate surface area is 77.8 Å². The molecular formula is C7H7FN2O2S. The number of thiazole rings is 1. The van der Waals surface area contributed by atoms with Gasteiger partial charge in [0.2, 0.25) is 11.9 Å². The summed E-state index contributed by atoms with van der Waals surface area (Å²) in [4.78, 5) is 24.3. The van der Waals surface area contributed by atoms with Crippen molar-refractivity contribution >= 4 is 28.7 Å². The molecule has 0 atom stereocenters. The number of amides is 1. The van der Waals surface area contributed by atoms with Gasteiger partial charge in [0.25, 0.3) is 0 Å². The van der Waals surface area contributed by atoms with Gasteiger partial charge in [-0.05, 0) is 0 Å². The van der Waals surface area contributed by atoms with Gasteiger partial charge in [-0.15, -0.1) is 0 Å². The summed E-state index contributed by atoms with van der Waals surface area (Å²) in [7, 11) is 0. The van der Waals surface area contributed by atoms with Crippen LogP contribution in [0.1, 0.15) is 23.0 Å². The predicted molar refractivity (Wildman–Crippen MR) is 46.4 cm³/mol. The molecule has 1 heterocycles.